The molecule has 1 atom stereocenters. The van der Waals surface area contributed by atoms with Gasteiger partial charge >= 0.3 is 0 Å². The molecule has 19 heavy (non-hydrogen) atoms. The summed E-state index contributed by atoms with van der Waals surface area (Å²) in [5.74, 6) is 1.58. The average molecular weight is 263 g/mol. The molecule has 4 nitrogen and oxygen atoms in total. The standard InChI is InChI=1S/C15H25N3O/c1-3-13-12(5-7-16)14(4-2)18-15(17-13)9-11-6-8-19-10-11/h11H,3-10,16H2,1-2H3. The topological polar surface area (TPSA) is 61.0 Å². The van der Waals surface area contributed by atoms with E-state index in [4.69, 9.17) is 20.4 Å². The first-order valence-electron chi connectivity index (χ1n) is 7.43. The first-order chi connectivity index (χ1) is 9.28. The van der Waals surface area contributed by atoms with Crippen molar-refractivity contribution in [3.63, 3.8) is 0 Å². The van der Waals surface area contributed by atoms with Gasteiger partial charge in [-0.2, -0.15) is 0 Å². The number of ether oxygens (including phenoxy) is 1. The summed E-state index contributed by atoms with van der Waals surface area (Å²) >= 11 is 0. The van der Waals surface area contributed by atoms with Crippen LogP contribution in [0.3, 0.4) is 0 Å². The van der Waals surface area contributed by atoms with Crippen LogP contribution in [0.5, 0.6) is 0 Å². The van der Waals surface area contributed by atoms with Crippen LogP contribution >= 0.6 is 0 Å². The predicted molar refractivity (Wildman–Crippen MR) is 76.2 cm³/mol. The van der Waals surface area contributed by atoms with Crippen molar-refractivity contribution >= 4 is 0 Å². The zero-order valence-corrected chi connectivity index (χ0v) is 12.1. The number of hydrogen-bond acceptors (Lipinski definition) is 4. The first kappa shape index (κ1) is 14.4. The molecule has 0 amide bonds. The Balaban J connectivity index is 2.24. The van der Waals surface area contributed by atoms with E-state index in [9.17, 15) is 0 Å². The molecular formula is C15H25N3O. The number of aryl methyl sites for hydroxylation is 2. The molecule has 1 aliphatic heterocycles. The summed E-state index contributed by atoms with van der Waals surface area (Å²) in [7, 11) is 0. The first-order valence-corrected chi connectivity index (χ1v) is 7.43. The maximum Gasteiger partial charge on any atom is 0.129 e. The van der Waals surface area contributed by atoms with E-state index in [0.717, 1.165) is 51.1 Å². The molecule has 2 rings (SSSR count). The maximum atomic E-state index is 5.71. The van der Waals surface area contributed by atoms with Crippen LogP contribution in [0.1, 0.15) is 43.0 Å². The van der Waals surface area contributed by atoms with E-state index in [1.807, 2.05) is 0 Å². The van der Waals surface area contributed by atoms with E-state index in [2.05, 4.69) is 13.8 Å². The maximum absolute atomic E-state index is 5.71. The van der Waals surface area contributed by atoms with E-state index in [0.29, 0.717) is 12.5 Å². The van der Waals surface area contributed by atoms with E-state index < -0.39 is 0 Å². The van der Waals surface area contributed by atoms with Gasteiger partial charge in [0, 0.05) is 31.0 Å². The Bertz CT molecular complexity index is 389. The van der Waals surface area contributed by atoms with Crippen LogP contribution in [0.2, 0.25) is 0 Å². The van der Waals surface area contributed by atoms with Crippen molar-refractivity contribution < 1.29 is 4.74 Å². The smallest absolute Gasteiger partial charge is 0.129 e. The number of hydrogen-bond donors (Lipinski definition) is 1. The largest absolute Gasteiger partial charge is 0.381 e. The molecule has 2 heterocycles. The van der Waals surface area contributed by atoms with Crippen LogP contribution in [0, 0.1) is 5.92 Å². The van der Waals surface area contributed by atoms with Crippen LogP contribution in [-0.4, -0.2) is 29.7 Å². The van der Waals surface area contributed by atoms with Gasteiger partial charge in [0.1, 0.15) is 5.82 Å². The van der Waals surface area contributed by atoms with Crippen LogP contribution < -0.4 is 5.73 Å². The lowest BCUT2D eigenvalue weighted by molar-refractivity contribution is 0.185. The van der Waals surface area contributed by atoms with E-state index in [-0.39, 0.29) is 0 Å². The molecule has 0 radical (unpaired) electrons. The Hall–Kier alpha value is -1.00. The lowest BCUT2D eigenvalue weighted by Crippen LogP contribution is -2.15. The fourth-order valence-electron chi connectivity index (χ4n) is 2.75. The molecule has 0 bridgehead atoms. The van der Waals surface area contributed by atoms with Crippen molar-refractivity contribution in [1.29, 1.82) is 0 Å². The molecule has 1 aromatic heterocycles. The van der Waals surface area contributed by atoms with Gasteiger partial charge < -0.3 is 10.5 Å². The van der Waals surface area contributed by atoms with E-state index in [1.54, 1.807) is 0 Å². The lowest BCUT2D eigenvalue weighted by atomic mass is 10.0. The highest BCUT2D eigenvalue weighted by Gasteiger charge is 2.19. The summed E-state index contributed by atoms with van der Waals surface area (Å²) in [6, 6.07) is 0. The van der Waals surface area contributed by atoms with Crippen molar-refractivity contribution in [2.45, 2.75) is 46.0 Å². The molecule has 0 saturated carbocycles. The highest BCUT2D eigenvalue weighted by molar-refractivity contribution is 5.27. The van der Waals surface area contributed by atoms with Gasteiger partial charge in [0.05, 0.1) is 0 Å². The third-order valence-electron chi connectivity index (χ3n) is 3.78. The summed E-state index contributed by atoms with van der Waals surface area (Å²) in [4.78, 5) is 9.52. The molecule has 1 saturated heterocycles. The summed E-state index contributed by atoms with van der Waals surface area (Å²) in [5, 5.41) is 0. The van der Waals surface area contributed by atoms with Crippen molar-refractivity contribution in [1.82, 2.24) is 9.97 Å². The second-order valence-corrected chi connectivity index (χ2v) is 5.19. The highest BCUT2D eigenvalue weighted by Crippen LogP contribution is 2.19. The van der Waals surface area contributed by atoms with Crippen LogP contribution in [0.4, 0.5) is 0 Å². The van der Waals surface area contributed by atoms with Gasteiger partial charge in [-0.25, -0.2) is 9.97 Å². The van der Waals surface area contributed by atoms with Crippen molar-refractivity contribution in [3.8, 4) is 0 Å². The Morgan fingerprint density at radius 3 is 2.37 bits per heavy atom. The fraction of sp³-hybridized carbons (Fsp3) is 0.733. The molecular weight excluding hydrogens is 238 g/mol. The minimum absolute atomic E-state index is 0.592. The van der Waals surface area contributed by atoms with Gasteiger partial charge in [-0.1, -0.05) is 13.8 Å². The minimum atomic E-state index is 0.592. The zero-order chi connectivity index (χ0) is 13.7. The molecule has 0 spiro atoms. The van der Waals surface area contributed by atoms with Crippen LogP contribution in [-0.2, 0) is 30.4 Å². The Morgan fingerprint density at radius 1 is 1.21 bits per heavy atom. The van der Waals surface area contributed by atoms with Gasteiger partial charge in [-0.15, -0.1) is 0 Å². The van der Waals surface area contributed by atoms with Gasteiger partial charge in [0.25, 0.3) is 0 Å². The van der Waals surface area contributed by atoms with Gasteiger partial charge in [0.15, 0.2) is 0 Å². The van der Waals surface area contributed by atoms with Gasteiger partial charge in [0.2, 0.25) is 0 Å². The number of nitrogens with zero attached hydrogens (tertiary/aromatic N) is 2. The number of rotatable bonds is 6. The minimum Gasteiger partial charge on any atom is -0.381 e. The quantitative estimate of drug-likeness (QED) is 0.848. The van der Waals surface area contributed by atoms with E-state index >= 15 is 0 Å². The third-order valence-corrected chi connectivity index (χ3v) is 3.78. The second kappa shape index (κ2) is 6.96. The highest BCUT2D eigenvalue weighted by atomic mass is 16.5. The van der Waals surface area contributed by atoms with Gasteiger partial charge in [-0.05, 0) is 43.7 Å². The summed E-state index contributed by atoms with van der Waals surface area (Å²) in [6.45, 7) is 6.72. The SMILES string of the molecule is CCc1nc(CC2CCOC2)nc(CC)c1CCN. The summed E-state index contributed by atoms with van der Waals surface area (Å²) in [6.07, 6.45) is 4.89. The predicted octanol–water partition coefficient (Wildman–Crippen LogP) is 1.68. The molecule has 106 valence electrons. The molecule has 0 aliphatic carbocycles. The average Bonchev–Trinajstić information content (AvgIpc) is 2.93. The van der Waals surface area contributed by atoms with Crippen molar-refractivity contribution in [2.75, 3.05) is 19.8 Å². The molecule has 1 fully saturated rings. The normalized spacial score (nSPS) is 19.0. The lowest BCUT2D eigenvalue weighted by Gasteiger charge is -2.14. The fourth-order valence-corrected chi connectivity index (χ4v) is 2.75. The Morgan fingerprint density at radius 2 is 1.89 bits per heavy atom. The van der Waals surface area contributed by atoms with Crippen molar-refractivity contribution in [2.24, 2.45) is 11.7 Å². The summed E-state index contributed by atoms with van der Waals surface area (Å²) in [5.41, 5.74) is 9.36. The molecule has 0 aromatic carbocycles. The second-order valence-electron chi connectivity index (χ2n) is 5.19. The number of nitrogens with two attached hydrogens (primary N) is 1. The van der Waals surface area contributed by atoms with Gasteiger partial charge in [-0.3, -0.25) is 0 Å². The molecule has 2 N–H and O–H groups in total. The van der Waals surface area contributed by atoms with Crippen LogP contribution in [0.25, 0.3) is 0 Å². The Labute approximate surface area is 115 Å². The molecule has 1 aliphatic rings. The molecule has 1 aromatic rings. The Kier molecular flexibility index (Phi) is 5.28. The van der Waals surface area contributed by atoms with Crippen LogP contribution in [0.15, 0.2) is 0 Å². The third kappa shape index (κ3) is 3.51. The monoisotopic (exact) mass is 263 g/mol. The summed E-state index contributed by atoms with van der Waals surface area (Å²) < 4.78 is 5.43. The molecule has 4 heteroatoms. The van der Waals surface area contributed by atoms with E-state index in [1.165, 1.54) is 17.0 Å². The van der Waals surface area contributed by atoms with Crippen molar-refractivity contribution in [3.05, 3.63) is 22.8 Å². The number of aromatic nitrogens is 2. The molecule has 1 unspecified atom stereocenters. The zero-order valence-electron chi connectivity index (χ0n) is 12.1.